The molecular formula is C18H17NO2. The Balaban J connectivity index is 2.33. The Morgan fingerprint density at radius 2 is 1.24 bits per heavy atom. The van der Waals surface area contributed by atoms with Gasteiger partial charge in [0, 0.05) is 17.7 Å². The van der Waals surface area contributed by atoms with E-state index in [9.17, 15) is 9.59 Å². The summed E-state index contributed by atoms with van der Waals surface area (Å²) in [5.74, 6) is -0.625. The fraction of sp³-hybridized carbons (Fsp3) is 0.111. The molecule has 0 bridgehead atoms. The summed E-state index contributed by atoms with van der Waals surface area (Å²) in [6.07, 6.45) is 0. The van der Waals surface area contributed by atoms with Crippen molar-refractivity contribution in [3.63, 3.8) is 0 Å². The summed E-state index contributed by atoms with van der Waals surface area (Å²) in [5, 5.41) is 0. The Hall–Kier alpha value is -2.68. The van der Waals surface area contributed by atoms with E-state index in [-0.39, 0.29) is 18.4 Å². The monoisotopic (exact) mass is 279 g/mol. The van der Waals surface area contributed by atoms with Crippen molar-refractivity contribution in [2.75, 3.05) is 6.54 Å². The maximum Gasteiger partial charge on any atom is 0.261 e. The van der Waals surface area contributed by atoms with Crippen molar-refractivity contribution in [1.29, 1.82) is 0 Å². The van der Waals surface area contributed by atoms with E-state index >= 15 is 0 Å². The van der Waals surface area contributed by atoms with Crippen molar-refractivity contribution in [3.05, 3.63) is 83.9 Å². The van der Waals surface area contributed by atoms with E-state index in [1.807, 2.05) is 12.1 Å². The van der Waals surface area contributed by atoms with Crippen molar-refractivity contribution in [3.8, 4) is 0 Å². The normalized spacial score (nSPS) is 9.95. The number of carbonyl (C=O) groups is 2. The van der Waals surface area contributed by atoms with Crippen LogP contribution in [0.1, 0.15) is 27.6 Å². The molecule has 0 radical (unpaired) electrons. The van der Waals surface area contributed by atoms with Crippen molar-refractivity contribution in [2.45, 2.75) is 6.92 Å². The van der Waals surface area contributed by atoms with Gasteiger partial charge in [-0.15, -0.1) is 0 Å². The van der Waals surface area contributed by atoms with Crippen LogP contribution in [-0.2, 0) is 0 Å². The zero-order chi connectivity index (χ0) is 15.2. The second-order valence-corrected chi connectivity index (χ2v) is 4.89. The van der Waals surface area contributed by atoms with Gasteiger partial charge in [0.1, 0.15) is 0 Å². The van der Waals surface area contributed by atoms with Crippen LogP contribution >= 0.6 is 0 Å². The molecule has 2 aromatic carbocycles. The van der Waals surface area contributed by atoms with Gasteiger partial charge in [-0.05, 0) is 31.2 Å². The summed E-state index contributed by atoms with van der Waals surface area (Å²) >= 11 is 0. The smallest absolute Gasteiger partial charge is 0.261 e. The molecule has 0 aliphatic heterocycles. The van der Waals surface area contributed by atoms with E-state index in [0.717, 1.165) is 5.57 Å². The van der Waals surface area contributed by atoms with Crippen LogP contribution in [0.25, 0.3) is 0 Å². The quantitative estimate of drug-likeness (QED) is 0.634. The Morgan fingerprint density at radius 3 is 1.57 bits per heavy atom. The fourth-order valence-corrected chi connectivity index (χ4v) is 1.98. The van der Waals surface area contributed by atoms with Gasteiger partial charge in [-0.1, -0.05) is 48.6 Å². The van der Waals surface area contributed by atoms with Gasteiger partial charge in [0.25, 0.3) is 11.8 Å². The second kappa shape index (κ2) is 6.66. The van der Waals surface area contributed by atoms with Gasteiger partial charge in [-0.3, -0.25) is 14.5 Å². The van der Waals surface area contributed by atoms with E-state index in [1.54, 1.807) is 55.5 Å². The van der Waals surface area contributed by atoms with Gasteiger partial charge in [0.2, 0.25) is 0 Å². The molecule has 0 saturated carbocycles. The highest BCUT2D eigenvalue weighted by Crippen LogP contribution is 2.12. The summed E-state index contributed by atoms with van der Waals surface area (Å²) < 4.78 is 0. The summed E-state index contributed by atoms with van der Waals surface area (Å²) in [6, 6.07) is 17.6. The van der Waals surface area contributed by atoms with Crippen molar-refractivity contribution in [1.82, 2.24) is 4.90 Å². The predicted octanol–water partition coefficient (Wildman–Crippen LogP) is 3.55. The van der Waals surface area contributed by atoms with Gasteiger partial charge in [-0.2, -0.15) is 0 Å². The molecule has 0 atom stereocenters. The summed E-state index contributed by atoms with van der Waals surface area (Å²) in [7, 11) is 0. The number of hydrogen-bond acceptors (Lipinski definition) is 2. The van der Waals surface area contributed by atoms with Crippen LogP contribution in [0.4, 0.5) is 0 Å². The van der Waals surface area contributed by atoms with Crippen molar-refractivity contribution >= 4 is 11.8 Å². The first-order chi connectivity index (χ1) is 10.1. The molecule has 2 rings (SSSR count). The molecule has 3 heteroatoms. The van der Waals surface area contributed by atoms with Crippen LogP contribution < -0.4 is 0 Å². The van der Waals surface area contributed by atoms with Gasteiger partial charge in [0.05, 0.1) is 0 Å². The molecule has 0 aliphatic rings. The Labute approximate surface area is 124 Å². The molecule has 21 heavy (non-hydrogen) atoms. The minimum atomic E-state index is -0.313. The SMILES string of the molecule is C=C(C)CN(C(=O)c1ccccc1)C(=O)c1ccccc1. The summed E-state index contributed by atoms with van der Waals surface area (Å²) in [5.41, 5.74) is 1.73. The average Bonchev–Trinajstić information content (AvgIpc) is 2.53. The number of rotatable bonds is 4. The lowest BCUT2D eigenvalue weighted by molar-refractivity contribution is 0.0630. The topological polar surface area (TPSA) is 37.4 Å². The molecule has 0 heterocycles. The molecular weight excluding hydrogens is 262 g/mol. The first kappa shape index (κ1) is 14.7. The molecule has 0 aromatic heterocycles. The standard InChI is InChI=1S/C18H17NO2/c1-14(2)13-19(17(20)15-9-5-3-6-10-15)18(21)16-11-7-4-8-12-16/h3-12H,1,13H2,2H3. The zero-order valence-corrected chi connectivity index (χ0v) is 12.0. The van der Waals surface area contributed by atoms with E-state index in [1.165, 1.54) is 4.90 Å². The largest absolute Gasteiger partial charge is 0.270 e. The number of imide groups is 1. The van der Waals surface area contributed by atoms with Crippen LogP contribution in [0.3, 0.4) is 0 Å². The maximum atomic E-state index is 12.6. The zero-order valence-electron chi connectivity index (χ0n) is 12.0. The van der Waals surface area contributed by atoms with Crippen molar-refractivity contribution in [2.24, 2.45) is 0 Å². The van der Waals surface area contributed by atoms with Gasteiger partial charge in [0.15, 0.2) is 0 Å². The number of hydrogen-bond donors (Lipinski definition) is 0. The number of carbonyl (C=O) groups excluding carboxylic acids is 2. The third-order valence-corrected chi connectivity index (χ3v) is 2.96. The van der Waals surface area contributed by atoms with Crippen molar-refractivity contribution < 1.29 is 9.59 Å². The van der Waals surface area contributed by atoms with Crippen LogP contribution in [0.2, 0.25) is 0 Å². The van der Waals surface area contributed by atoms with Crippen LogP contribution in [0.5, 0.6) is 0 Å². The van der Waals surface area contributed by atoms with Gasteiger partial charge >= 0.3 is 0 Å². The van der Waals surface area contributed by atoms with E-state index in [4.69, 9.17) is 0 Å². The maximum absolute atomic E-state index is 12.6. The number of benzene rings is 2. The van der Waals surface area contributed by atoms with Gasteiger partial charge < -0.3 is 0 Å². The van der Waals surface area contributed by atoms with E-state index in [0.29, 0.717) is 11.1 Å². The Bertz CT molecular complexity index is 596. The average molecular weight is 279 g/mol. The molecule has 0 spiro atoms. The Morgan fingerprint density at radius 1 is 0.857 bits per heavy atom. The third kappa shape index (κ3) is 3.66. The lowest BCUT2D eigenvalue weighted by Gasteiger charge is -2.21. The molecule has 0 fully saturated rings. The van der Waals surface area contributed by atoms with Crippen LogP contribution in [0, 0.1) is 0 Å². The number of nitrogens with zero attached hydrogens (tertiary/aromatic N) is 1. The highest BCUT2D eigenvalue weighted by molar-refractivity contribution is 6.10. The molecule has 3 nitrogen and oxygen atoms in total. The summed E-state index contributed by atoms with van der Waals surface area (Å²) in [4.78, 5) is 26.3. The van der Waals surface area contributed by atoms with Crippen LogP contribution in [-0.4, -0.2) is 23.3 Å². The minimum absolute atomic E-state index is 0.210. The predicted molar refractivity (Wildman–Crippen MR) is 83.1 cm³/mol. The first-order valence-electron chi connectivity index (χ1n) is 6.70. The Kier molecular flexibility index (Phi) is 4.67. The molecule has 0 saturated heterocycles. The second-order valence-electron chi connectivity index (χ2n) is 4.89. The van der Waals surface area contributed by atoms with Gasteiger partial charge in [-0.25, -0.2) is 0 Å². The summed E-state index contributed by atoms with van der Waals surface area (Å²) in [6.45, 7) is 5.81. The van der Waals surface area contributed by atoms with E-state index < -0.39 is 0 Å². The molecule has 0 aliphatic carbocycles. The van der Waals surface area contributed by atoms with E-state index in [2.05, 4.69) is 6.58 Å². The highest BCUT2D eigenvalue weighted by Gasteiger charge is 2.23. The molecule has 0 N–H and O–H groups in total. The minimum Gasteiger partial charge on any atom is -0.270 e. The number of amides is 2. The van der Waals surface area contributed by atoms with Crippen LogP contribution in [0.15, 0.2) is 72.8 Å². The third-order valence-electron chi connectivity index (χ3n) is 2.96. The molecule has 2 aromatic rings. The lowest BCUT2D eigenvalue weighted by atomic mass is 10.1. The first-order valence-corrected chi connectivity index (χ1v) is 6.70. The molecule has 106 valence electrons. The molecule has 0 unspecified atom stereocenters. The highest BCUT2D eigenvalue weighted by atomic mass is 16.2. The lowest BCUT2D eigenvalue weighted by Crippen LogP contribution is -2.38. The molecule has 2 amide bonds. The fourth-order valence-electron chi connectivity index (χ4n) is 1.98.